The van der Waals surface area contributed by atoms with Crippen LogP contribution in [-0.2, 0) is 9.59 Å². The number of carbonyl (C=O) groups excluding carboxylic acids is 2. The van der Waals surface area contributed by atoms with Crippen LogP contribution in [0.5, 0.6) is 0 Å². The number of likely N-dealkylation sites (tertiary alicyclic amines) is 1. The van der Waals surface area contributed by atoms with Gasteiger partial charge in [-0.3, -0.25) is 9.28 Å². The highest BCUT2D eigenvalue weighted by molar-refractivity contribution is 6.35. The molecule has 2 unspecified atom stereocenters. The molecule has 1 aliphatic rings. The molecule has 1 heterocycles. The minimum absolute atomic E-state index is 0.181. The molecule has 1 aliphatic heterocycles. The maximum atomic E-state index is 13.1. The van der Waals surface area contributed by atoms with Crippen LogP contribution in [0.15, 0.2) is 30.3 Å². The summed E-state index contributed by atoms with van der Waals surface area (Å²) in [6.07, 6.45) is 3.03. The second-order valence-electron chi connectivity index (χ2n) is 7.91. The topological polar surface area (TPSA) is 34.1 Å². The highest BCUT2D eigenvalue weighted by atomic mass is 16.2. The smallest absolute Gasteiger partial charge is 0.283 e. The number of Topliss-reactive ketones (excluding diaryl/α,β-unsaturated/α-hetero) is 1. The Morgan fingerprint density at radius 1 is 1.17 bits per heavy atom. The summed E-state index contributed by atoms with van der Waals surface area (Å²) in [4.78, 5) is 25.7. The first kappa shape index (κ1) is 17.9. The lowest BCUT2D eigenvalue weighted by molar-refractivity contribution is -0.858. The van der Waals surface area contributed by atoms with Gasteiger partial charge in [-0.15, -0.1) is 0 Å². The van der Waals surface area contributed by atoms with Crippen LogP contribution in [0.4, 0.5) is 0 Å². The van der Waals surface area contributed by atoms with Crippen molar-refractivity contribution in [3.8, 4) is 0 Å². The zero-order valence-corrected chi connectivity index (χ0v) is 15.0. The number of piperidine rings is 1. The van der Waals surface area contributed by atoms with Gasteiger partial charge < -0.3 is 0 Å². The fourth-order valence-electron chi connectivity index (χ4n) is 3.70. The van der Waals surface area contributed by atoms with Crippen molar-refractivity contribution in [1.29, 1.82) is 0 Å². The third-order valence-electron chi connectivity index (χ3n) is 4.94. The third kappa shape index (κ3) is 3.89. The van der Waals surface area contributed by atoms with Crippen molar-refractivity contribution in [2.75, 3.05) is 19.6 Å². The van der Waals surface area contributed by atoms with Crippen LogP contribution in [0.3, 0.4) is 0 Å². The van der Waals surface area contributed by atoms with Gasteiger partial charge in [-0.05, 0) is 24.8 Å². The van der Waals surface area contributed by atoms with Crippen LogP contribution in [0.1, 0.15) is 58.4 Å². The molecule has 3 nitrogen and oxygen atoms in total. The molecule has 2 atom stereocenters. The van der Waals surface area contributed by atoms with Gasteiger partial charge in [-0.25, -0.2) is 4.79 Å². The molecule has 23 heavy (non-hydrogen) atoms. The number of hydrogen-bond donors (Lipinski definition) is 0. The van der Waals surface area contributed by atoms with E-state index in [1.165, 1.54) is 5.56 Å². The van der Waals surface area contributed by atoms with Gasteiger partial charge in [0.1, 0.15) is 0 Å². The van der Waals surface area contributed by atoms with E-state index in [0.717, 1.165) is 38.9 Å². The summed E-state index contributed by atoms with van der Waals surface area (Å²) in [5, 5.41) is 0. The molecule has 1 fully saturated rings. The summed E-state index contributed by atoms with van der Waals surface area (Å²) in [6, 6.07) is 10.4. The van der Waals surface area contributed by atoms with Crippen LogP contribution in [-0.4, -0.2) is 35.8 Å². The largest absolute Gasteiger partial charge is 0.382 e. The van der Waals surface area contributed by atoms with Gasteiger partial charge in [-0.1, -0.05) is 58.0 Å². The molecule has 0 aromatic heterocycles. The Kier molecular flexibility index (Phi) is 5.41. The van der Waals surface area contributed by atoms with E-state index in [1.54, 1.807) is 0 Å². The molecule has 1 amide bonds. The lowest BCUT2D eigenvalue weighted by atomic mass is 9.85. The molecule has 0 spiro atoms. The van der Waals surface area contributed by atoms with E-state index in [2.05, 4.69) is 31.2 Å². The van der Waals surface area contributed by atoms with Crippen molar-refractivity contribution in [2.24, 2.45) is 5.41 Å². The first-order chi connectivity index (χ1) is 10.8. The Morgan fingerprint density at radius 3 is 2.39 bits per heavy atom. The maximum Gasteiger partial charge on any atom is 0.382 e. The predicted molar refractivity (Wildman–Crippen MR) is 93.0 cm³/mol. The lowest BCUT2D eigenvalue weighted by Crippen LogP contribution is -2.61. The van der Waals surface area contributed by atoms with Crippen molar-refractivity contribution in [3.63, 3.8) is 0 Å². The summed E-state index contributed by atoms with van der Waals surface area (Å²) in [5.74, 6) is -0.0344. The Morgan fingerprint density at radius 2 is 1.83 bits per heavy atom. The van der Waals surface area contributed by atoms with Crippen molar-refractivity contribution >= 4 is 11.7 Å². The van der Waals surface area contributed by atoms with Crippen LogP contribution in [0.2, 0.25) is 0 Å². The van der Waals surface area contributed by atoms with Gasteiger partial charge in [-0.2, -0.15) is 0 Å². The van der Waals surface area contributed by atoms with Gasteiger partial charge >= 0.3 is 5.91 Å². The minimum Gasteiger partial charge on any atom is -0.283 e. The second kappa shape index (κ2) is 6.96. The van der Waals surface area contributed by atoms with E-state index in [-0.39, 0.29) is 11.7 Å². The number of carbonyl (C=O) groups is 2. The zero-order valence-electron chi connectivity index (χ0n) is 15.0. The number of nitrogens with zero attached hydrogens (tertiary/aromatic N) is 1. The Hall–Kier alpha value is -1.48. The number of ketones is 1. The lowest BCUT2D eigenvalue weighted by Gasteiger charge is -2.42. The van der Waals surface area contributed by atoms with E-state index in [0.29, 0.717) is 10.4 Å². The SMILES string of the molecule is CCC[N+]1(C(=O)C(=O)C(C)(C)C)CCCC(c2ccccc2)C1. The standard InChI is InChI=1S/C20H30NO2/c1-5-13-21(19(23)18(22)20(2,3)4)14-9-12-17(15-21)16-10-7-6-8-11-16/h6-8,10-11,17H,5,9,12-15H2,1-4H3/q+1. The second-order valence-corrected chi connectivity index (χ2v) is 7.91. The van der Waals surface area contributed by atoms with Crippen LogP contribution >= 0.6 is 0 Å². The first-order valence-corrected chi connectivity index (χ1v) is 8.80. The normalized spacial score (nSPS) is 25.1. The van der Waals surface area contributed by atoms with Crippen LogP contribution in [0.25, 0.3) is 0 Å². The predicted octanol–water partition coefficient (Wildman–Crippen LogP) is 3.93. The highest BCUT2D eigenvalue weighted by Gasteiger charge is 2.47. The Balaban J connectivity index is 2.29. The van der Waals surface area contributed by atoms with Crippen molar-refractivity contribution in [1.82, 2.24) is 0 Å². The number of hydrogen-bond acceptors (Lipinski definition) is 2. The van der Waals surface area contributed by atoms with Gasteiger partial charge in [0.05, 0.1) is 19.6 Å². The molecule has 0 saturated carbocycles. The van der Waals surface area contributed by atoms with Crippen LogP contribution in [0, 0.1) is 5.41 Å². The van der Waals surface area contributed by atoms with E-state index in [4.69, 9.17) is 0 Å². The monoisotopic (exact) mass is 316 g/mol. The Labute approximate surface area is 140 Å². The zero-order chi connectivity index (χ0) is 17.1. The molecule has 2 rings (SSSR count). The maximum absolute atomic E-state index is 13.1. The summed E-state index contributed by atoms with van der Waals surface area (Å²) in [7, 11) is 0. The molecule has 1 saturated heterocycles. The Bertz CT molecular complexity index is 555. The molecular weight excluding hydrogens is 286 g/mol. The van der Waals surface area contributed by atoms with E-state index in [9.17, 15) is 9.59 Å². The summed E-state index contributed by atoms with van der Waals surface area (Å²) in [6.45, 7) is 9.96. The molecule has 0 N–H and O–H groups in total. The molecule has 0 radical (unpaired) electrons. The summed E-state index contributed by atoms with van der Waals surface area (Å²) >= 11 is 0. The first-order valence-electron chi connectivity index (χ1n) is 8.80. The summed E-state index contributed by atoms with van der Waals surface area (Å²) < 4.78 is 0.339. The average Bonchev–Trinajstić information content (AvgIpc) is 2.54. The molecule has 0 bridgehead atoms. The number of rotatable bonds is 4. The molecular formula is C20H30NO2+. The molecule has 126 valence electrons. The number of benzene rings is 1. The fraction of sp³-hybridized carbons (Fsp3) is 0.600. The van der Waals surface area contributed by atoms with Gasteiger partial charge in [0, 0.05) is 11.3 Å². The van der Waals surface area contributed by atoms with Crippen molar-refractivity contribution in [3.05, 3.63) is 35.9 Å². The third-order valence-corrected chi connectivity index (χ3v) is 4.94. The van der Waals surface area contributed by atoms with Gasteiger partial charge in [0.2, 0.25) is 0 Å². The molecule has 3 heteroatoms. The fourth-order valence-corrected chi connectivity index (χ4v) is 3.70. The van der Waals surface area contributed by atoms with E-state index in [1.807, 2.05) is 26.8 Å². The number of amides is 1. The van der Waals surface area contributed by atoms with Gasteiger partial charge in [0.15, 0.2) is 0 Å². The molecule has 1 aromatic carbocycles. The highest BCUT2D eigenvalue weighted by Crippen LogP contribution is 2.33. The quantitative estimate of drug-likeness (QED) is 0.623. The van der Waals surface area contributed by atoms with Crippen molar-refractivity contribution in [2.45, 2.75) is 52.9 Å². The van der Waals surface area contributed by atoms with E-state index < -0.39 is 5.41 Å². The van der Waals surface area contributed by atoms with Gasteiger partial charge in [0.25, 0.3) is 5.78 Å². The van der Waals surface area contributed by atoms with Crippen molar-refractivity contribution < 1.29 is 14.1 Å². The number of quaternary nitrogens is 1. The average molecular weight is 316 g/mol. The minimum atomic E-state index is -0.601. The van der Waals surface area contributed by atoms with Crippen LogP contribution < -0.4 is 0 Å². The molecule has 1 aromatic rings. The summed E-state index contributed by atoms with van der Waals surface area (Å²) in [5.41, 5.74) is 0.692. The van der Waals surface area contributed by atoms with E-state index >= 15 is 0 Å². The molecule has 0 aliphatic carbocycles.